The fraction of sp³-hybridized carbons (Fsp3) is 0.600. The van der Waals surface area contributed by atoms with E-state index in [-0.39, 0.29) is 11.3 Å². The molecule has 0 aliphatic carbocycles. The summed E-state index contributed by atoms with van der Waals surface area (Å²) in [5.41, 5.74) is 0.654. The monoisotopic (exact) mass is 276 g/mol. The summed E-state index contributed by atoms with van der Waals surface area (Å²) in [6.07, 6.45) is 8.66. The first kappa shape index (κ1) is 13.4. The molecule has 0 N–H and O–H groups in total. The molecule has 1 fully saturated rings. The van der Waals surface area contributed by atoms with Gasteiger partial charge in [0.1, 0.15) is 5.76 Å². The summed E-state index contributed by atoms with van der Waals surface area (Å²) in [5, 5.41) is 0. The topological polar surface area (TPSA) is 55.6 Å². The van der Waals surface area contributed by atoms with Crippen LogP contribution in [0.2, 0.25) is 0 Å². The molecule has 0 saturated carbocycles. The van der Waals surface area contributed by atoms with Crippen LogP contribution in [0.4, 0.5) is 0 Å². The second kappa shape index (κ2) is 5.40. The molecule has 2 aliphatic rings. The Morgan fingerprint density at radius 3 is 2.85 bits per heavy atom. The van der Waals surface area contributed by atoms with Gasteiger partial charge in [-0.3, -0.25) is 4.79 Å². The molecular formula is C15H20N2O3. The van der Waals surface area contributed by atoms with Gasteiger partial charge in [-0.1, -0.05) is 12.2 Å². The number of piperidine rings is 1. The maximum Gasteiger partial charge on any atom is 0.276 e. The Balaban J connectivity index is 1.65. The Kier molecular flexibility index (Phi) is 3.61. The molecule has 20 heavy (non-hydrogen) atoms. The van der Waals surface area contributed by atoms with E-state index in [0.717, 1.165) is 39.0 Å². The van der Waals surface area contributed by atoms with Crippen LogP contribution in [0.25, 0.3) is 0 Å². The number of allylic oxidation sites excluding steroid dienone is 1. The summed E-state index contributed by atoms with van der Waals surface area (Å²) < 4.78 is 10.8. The molecule has 0 unspecified atom stereocenters. The van der Waals surface area contributed by atoms with Crippen LogP contribution in [0.1, 0.15) is 35.5 Å². The van der Waals surface area contributed by atoms with Crippen LogP contribution in [0, 0.1) is 12.3 Å². The lowest BCUT2D eigenvalue weighted by Crippen LogP contribution is -2.45. The summed E-state index contributed by atoms with van der Waals surface area (Å²) in [7, 11) is 0. The highest BCUT2D eigenvalue weighted by atomic mass is 16.5. The van der Waals surface area contributed by atoms with E-state index in [9.17, 15) is 4.79 Å². The number of carbonyl (C=O) groups excluding carboxylic acids is 1. The van der Waals surface area contributed by atoms with E-state index in [4.69, 9.17) is 9.15 Å². The van der Waals surface area contributed by atoms with Crippen molar-refractivity contribution in [2.24, 2.45) is 5.41 Å². The summed E-state index contributed by atoms with van der Waals surface area (Å²) in [6, 6.07) is 0. The van der Waals surface area contributed by atoms with Gasteiger partial charge in [0, 0.05) is 18.5 Å². The number of nitrogens with zero attached hydrogens (tertiary/aromatic N) is 2. The van der Waals surface area contributed by atoms with E-state index in [0.29, 0.717) is 18.1 Å². The van der Waals surface area contributed by atoms with Crippen LogP contribution < -0.4 is 0 Å². The van der Waals surface area contributed by atoms with Gasteiger partial charge in [0.15, 0.2) is 12.1 Å². The zero-order valence-corrected chi connectivity index (χ0v) is 11.8. The summed E-state index contributed by atoms with van der Waals surface area (Å²) in [4.78, 5) is 18.3. The van der Waals surface area contributed by atoms with Gasteiger partial charge in [0.2, 0.25) is 0 Å². The second-order valence-electron chi connectivity index (χ2n) is 5.74. The van der Waals surface area contributed by atoms with Gasteiger partial charge >= 0.3 is 0 Å². The molecule has 1 aromatic heterocycles. The van der Waals surface area contributed by atoms with Gasteiger partial charge in [-0.25, -0.2) is 4.98 Å². The number of hydrogen-bond acceptors (Lipinski definition) is 4. The van der Waals surface area contributed by atoms with Crippen LogP contribution >= 0.6 is 0 Å². The number of aryl methyl sites for hydroxylation is 1. The molecule has 5 heteroatoms. The van der Waals surface area contributed by atoms with Crippen molar-refractivity contribution in [1.29, 1.82) is 0 Å². The average Bonchev–Trinajstić information content (AvgIpc) is 2.76. The summed E-state index contributed by atoms with van der Waals surface area (Å²) in [5.74, 6) is 0.576. The molecule has 0 atom stereocenters. The van der Waals surface area contributed by atoms with Gasteiger partial charge in [-0.2, -0.15) is 0 Å². The molecule has 1 aromatic rings. The fourth-order valence-corrected chi connectivity index (χ4v) is 3.00. The predicted octanol–water partition coefficient (Wildman–Crippen LogP) is 2.18. The van der Waals surface area contributed by atoms with Gasteiger partial charge in [0.05, 0.1) is 13.2 Å². The van der Waals surface area contributed by atoms with Gasteiger partial charge in [0.25, 0.3) is 5.91 Å². The smallest absolute Gasteiger partial charge is 0.276 e. The lowest BCUT2D eigenvalue weighted by atomic mass is 9.76. The number of hydrogen-bond donors (Lipinski definition) is 0. The Bertz CT molecular complexity index is 513. The molecule has 0 bridgehead atoms. The van der Waals surface area contributed by atoms with Gasteiger partial charge in [-0.05, 0) is 26.2 Å². The molecule has 0 radical (unpaired) electrons. The summed E-state index contributed by atoms with van der Waals surface area (Å²) in [6.45, 7) is 4.81. The number of ether oxygens (including phenoxy) is 1. The standard InChI is InChI=1S/C15H20N2O3/c1-12-13(16-11-20-12)14(18)17-7-5-15(6-8-17)4-2-3-9-19-10-15/h2-3,11H,4-10H2,1H3. The molecule has 5 nitrogen and oxygen atoms in total. The molecule has 108 valence electrons. The highest BCUT2D eigenvalue weighted by Crippen LogP contribution is 2.37. The van der Waals surface area contributed by atoms with Crippen molar-refractivity contribution >= 4 is 5.91 Å². The SMILES string of the molecule is Cc1ocnc1C(=O)N1CCC2(CC=CCOC2)CC1. The quantitative estimate of drug-likeness (QED) is 0.738. The van der Waals surface area contributed by atoms with E-state index in [2.05, 4.69) is 17.1 Å². The van der Waals surface area contributed by atoms with Crippen LogP contribution in [-0.4, -0.2) is 42.1 Å². The van der Waals surface area contributed by atoms with Crippen molar-refractivity contribution in [2.75, 3.05) is 26.3 Å². The van der Waals surface area contributed by atoms with Crippen LogP contribution in [-0.2, 0) is 4.74 Å². The largest absolute Gasteiger partial charge is 0.448 e. The number of amides is 1. The highest BCUT2D eigenvalue weighted by molar-refractivity contribution is 5.93. The molecule has 1 spiro atoms. The second-order valence-corrected chi connectivity index (χ2v) is 5.74. The Morgan fingerprint density at radius 1 is 1.35 bits per heavy atom. The van der Waals surface area contributed by atoms with Crippen molar-refractivity contribution in [3.8, 4) is 0 Å². The molecule has 1 amide bonds. The normalized spacial score (nSPS) is 21.9. The Hall–Kier alpha value is -1.62. The zero-order valence-electron chi connectivity index (χ0n) is 11.8. The van der Waals surface area contributed by atoms with Crippen molar-refractivity contribution in [2.45, 2.75) is 26.2 Å². The van der Waals surface area contributed by atoms with E-state index in [1.54, 1.807) is 6.92 Å². The van der Waals surface area contributed by atoms with E-state index in [1.165, 1.54) is 6.39 Å². The third-order valence-corrected chi connectivity index (χ3v) is 4.40. The molecular weight excluding hydrogens is 256 g/mol. The van der Waals surface area contributed by atoms with Crippen molar-refractivity contribution < 1.29 is 13.9 Å². The third kappa shape index (κ3) is 2.50. The molecule has 3 rings (SSSR count). The number of likely N-dealkylation sites (tertiary alicyclic amines) is 1. The maximum atomic E-state index is 12.4. The van der Waals surface area contributed by atoms with Gasteiger partial charge < -0.3 is 14.1 Å². The fourth-order valence-electron chi connectivity index (χ4n) is 3.00. The molecule has 3 heterocycles. The highest BCUT2D eigenvalue weighted by Gasteiger charge is 2.36. The van der Waals surface area contributed by atoms with Crippen LogP contribution in [0.3, 0.4) is 0 Å². The Morgan fingerprint density at radius 2 is 2.15 bits per heavy atom. The summed E-state index contributed by atoms with van der Waals surface area (Å²) >= 11 is 0. The van der Waals surface area contributed by atoms with Crippen molar-refractivity contribution in [3.05, 3.63) is 30.0 Å². The third-order valence-electron chi connectivity index (χ3n) is 4.40. The predicted molar refractivity (Wildman–Crippen MR) is 73.4 cm³/mol. The van der Waals surface area contributed by atoms with E-state index >= 15 is 0 Å². The van der Waals surface area contributed by atoms with E-state index in [1.807, 2.05) is 4.90 Å². The van der Waals surface area contributed by atoms with Crippen molar-refractivity contribution in [3.63, 3.8) is 0 Å². The lowest BCUT2D eigenvalue weighted by Gasteiger charge is -2.40. The first-order valence-corrected chi connectivity index (χ1v) is 7.12. The van der Waals surface area contributed by atoms with Crippen molar-refractivity contribution in [1.82, 2.24) is 9.88 Å². The van der Waals surface area contributed by atoms with Crippen LogP contribution in [0.15, 0.2) is 23.0 Å². The molecule has 2 aliphatic heterocycles. The van der Waals surface area contributed by atoms with Gasteiger partial charge in [-0.15, -0.1) is 0 Å². The lowest BCUT2D eigenvalue weighted by molar-refractivity contribution is 0.0161. The molecule has 0 aromatic carbocycles. The van der Waals surface area contributed by atoms with Crippen LogP contribution in [0.5, 0.6) is 0 Å². The molecule has 1 saturated heterocycles. The maximum absolute atomic E-state index is 12.4. The average molecular weight is 276 g/mol. The minimum absolute atomic E-state index is 0.0174. The zero-order chi connectivity index (χ0) is 14.0. The number of carbonyl (C=O) groups is 1. The van der Waals surface area contributed by atoms with E-state index < -0.39 is 0 Å². The first-order valence-electron chi connectivity index (χ1n) is 7.12. The minimum atomic E-state index is -0.0174. The first-order chi connectivity index (χ1) is 9.70. The Labute approximate surface area is 118 Å². The number of aromatic nitrogens is 1. The number of rotatable bonds is 1. The number of oxazole rings is 1. The minimum Gasteiger partial charge on any atom is -0.448 e.